The molecule has 0 aliphatic rings. The van der Waals surface area contributed by atoms with E-state index in [0.717, 1.165) is 0 Å². The van der Waals surface area contributed by atoms with Crippen LogP contribution in [0.1, 0.15) is 0 Å². The average Bonchev–Trinajstić information content (AvgIpc) is 3.22. The number of thioether (sulfide) groups is 1. The summed E-state index contributed by atoms with van der Waals surface area (Å²) in [6.07, 6.45) is 1.73. The summed E-state index contributed by atoms with van der Waals surface area (Å²) >= 11 is 10.6. The van der Waals surface area contributed by atoms with Crippen molar-refractivity contribution >= 4 is 50.9 Å². The van der Waals surface area contributed by atoms with Crippen molar-refractivity contribution in [3.8, 4) is 11.6 Å². The third-order valence-electron chi connectivity index (χ3n) is 3.30. The van der Waals surface area contributed by atoms with Crippen molar-refractivity contribution in [3.05, 3.63) is 58.7 Å². The van der Waals surface area contributed by atoms with E-state index < -0.39 is 0 Å². The Balaban J connectivity index is 1.71. The number of benzene rings is 1. The number of allylic oxidation sites excluding steroid dienone is 1. The molecule has 0 aliphatic heterocycles. The van der Waals surface area contributed by atoms with Crippen molar-refractivity contribution in [2.24, 2.45) is 0 Å². The Bertz CT molecular complexity index is 940. The molecule has 3 rings (SSSR count). The van der Waals surface area contributed by atoms with Gasteiger partial charge in [0.2, 0.25) is 11.7 Å². The number of carbonyl (C=O) groups is 1. The van der Waals surface area contributed by atoms with Gasteiger partial charge >= 0.3 is 0 Å². The van der Waals surface area contributed by atoms with Gasteiger partial charge in [0.15, 0.2) is 15.6 Å². The van der Waals surface area contributed by atoms with Crippen LogP contribution >= 0.6 is 39.3 Å². The molecule has 1 aromatic carbocycles. The normalized spacial score (nSPS) is 10.7. The molecule has 2 heterocycles. The van der Waals surface area contributed by atoms with Crippen LogP contribution in [0.4, 0.5) is 5.69 Å². The Morgan fingerprint density at radius 1 is 1.35 bits per heavy atom. The minimum atomic E-state index is -0.182. The lowest BCUT2D eigenvalue weighted by Crippen LogP contribution is -2.15. The third kappa shape index (κ3) is 4.38. The zero-order chi connectivity index (χ0) is 18.5. The lowest BCUT2D eigenvalue weighted by Gasteiger charge is -2.08. The van der Waals surface area contributed by atoms with E-state index >= 15 is 0 Å². The zero-order valence-electron chi connectivity index (χ0n) is 13.5. The quantitative estimate of drug-likeness (QED) is 0.408. The van der Waals surface area contributed by atoms with Crippen LogP contribution in [0.5, 0.6) is 0 Å². The molecule has 26 heavy (non-hydrogen) atoms. The van der Waals surface area contributed by atoms with Gasteiger partial charge in [0.1, 0.15) is 0 Å². The number of rotatable bonds is 7. The summed E-state index contributed by atoms with van der Waals surface area (Å²) in [6.45, 7) is 4.25. The second-order valence-corrected chi connectivity index (χ2v) is 7.26. The molecule has 0 bridgehead atoms. The fraction of sp³-hybridized carbons (Fsp3) is 0.118. The number of furan rings is 1. The van der Waals surface area contributed by atoms with Crippen molar-refractivity contribution < 1.29 is 9.21 Å². The van der Waals surface area contributed by atoms with Gasteiger partial charge in [-0.1, -0.05) is 41.6 Å². The first-order valence-corrected chi connectivity index (χ1v) is 9.71. The van der Waals surface area contributed by atoms with Crippen LogP contribution in [0.15, 0.2) is 63.3 Å². The molecule has 1 N–H and O–H groups in total. The predicted octanol–water partition coefficient (Wildman–Crippen LogP) is 4.87. The summed E-state index contributed by atoms with van der Waals surface area (Å²) in [6, 6.07) is 10.7. The summed E-state index contributed by atoms with van der Waals surface area (Å²) in [5, 5.41) is 12.2. The lowest BCUT2D eigenvalue weighted by molar-refractivity contribution is -0.113. The van der Waals surface area contributed by atoms with E-state index in [1.54, 1.807) is 36.4 Å². The topological polar surface area (TPSA) is 73.0 Å². The highest BCUT2D eigenvalue weighted by atomic mass is 79.9. The Morgan fingerprint density at radius 3 is 2.85 bits per heavy atom. The molecule has 0 spiro atoms. The van der Waals surface area contributed by atoms with Crippen LogP contribution < -0.4 is 5.32 Å². The number of para-hydroxylation sites is 1. The fourth-order valence-electron chi connectivity index (χ4n) is 2.18. The van der Waals surface area contributed by atoms with Crippen LogP contribution in [0, 0.1) is 0 Å². The van der Waals surface area contributed by atoms with Gasteiger partial charge in [0.25, 0.3) is 0 Å². The van der Waals surface area contributed by atoms with Crippen molar-refractivity contribution in [2.45, 2.75) is 11.7 Å². The van der Waals surface area contributed by atoms with Gasteiger partial charge in [-0.2, -0.15) is 0 Å². The highest BCUT2D eigenvalue weighted by Crippen LogP contribution is 2.27. The van der Waals surface area contributed by atoms with Gasteiger partial charge in [-0.25, -0.2) is 0 Å². The van der Waals surface area contributed by atoms with E-state index in [2.05, 4.69) is 38.0 Å². The van der Waals surface area contributed by atoms with Crippen molar-refractivity contribution in [2.75, 3.05) is 11.1 Å². The monoisotopic (exact) mass is 452 g/mol. The molecule has 0 saturated carbocycles. The van der Waals surface area contributed by atoms with Crippen LogP contribution in [-0.4, -0.2) is 26.4 Å². The summed E-state index contributed by atoms with van der Waals surface area (Å²) < 4.78 is 7.99. The number of nitrogens with one attached hydrogen (secondary N) is 1. The van der Waals surface area contributed by atoms with Crippen LogP contribution in [0.25, 0.3) is 11.6 Å². The van der Waals surface area contributed by atoms with Crippen molar-refractivity contribution in [1.29, 1.82) is 0 Å². The molecule has 0 unspecified atom stereocenters. The molecule has 0 saturated heterocycles. The Kier molecular flexibility index (Phi) is 6.18. The fourth-order valence-corrected chi connectivity index (χ4v) is 3.42. The molecule has 6 nitrogen and oxygen atoms in total. The average molecular weight is 454 g/mol. The van der Waals surface area contributed by atoms with Crippen LogP contribution in [0.3, 0.4) is 0 Å². The first-order valence-electron chi connectivity index (χ1n) is 7.55. The van der Waals surface area contributed by atoms with E-state index in [1.807, 2.05) is 10.6 Å². The van der Waals surface area contributed by atoms with Crippen LogP contribution in [0.2, 0.25) is 5.02 Å². The molecule has 3 aromatic rings. The minimum Gasteiger partial charge on any atom is -0.446 e. The molecule has 9 heteroatoms. The van der Waals surface area contributed by atoms with Gasteiger partial charge in [0.05, 0.1) is 16.5 Å². The predicted molar refractivity (Wildman–Crippen MR) is 106 cm³/mol. The largest absolute Gasteiger partial charge is 0.446 e. The SMILES string of the molecule is C=CCn1c(SCC(=O)Nc2ccccc2Cl)nnc1-c1ccc(Br)o1. The first kappa shape index (κ1) is 18.8. The first-order chi connectivity index (χ1) is 12.6. The zero-order valence-corrected chi connectivity index (χ0v) is 16.6. The standard InChI is InChI=1S/C17H14BrClN4O2S/c1-2-9-23-16(13-7-8-14(18)25-13)21-22-17(23)26-10-15(24)20-12-6-4-3-5-11(12)19/h2-8H,1,9-10H2,(H,20,24). The van der Waals surface area contributed by atoms with Gasteiger partial charge in [-0.15, -0.1) is 16.8 Å². The molecule has 134 valence electrons. The highest BCUT2D eigenvalue weighted by molar-refractivity contribution is 9.10. The molecular formula is C17H14BrClN4O2S. The summed E-state index contributed by atoms with van der Waals surface area (Å²) in [7, 11) is 0. The van der Waals surface area contributed by atoms with Crippen molar-refractivity contribution in [1.82, 2.24) is 14.8 Å². The van der Waals surface area contributed by atoms with E-state index in [0.29, 0.717) is 38.7 Å². The molecular weight excluding hydrogens is 440 g/mol. The Labute approximate surface area is 167 Å². The van der Waals surface area contributed by atoms with E-state index in [9.17, 15) is 4.79 Å². The third-order valence-corrected chi connectivity index (χ3v) is 5.02. The Morgan fingerprint density at radius 2 is 2.15 bits per heavy atom. The molecule has 0 aliphatic carbocycles. The van der Waals surface area contributed by atoms with Crippen LogP contribution in [-0.2, 0) is 11.3 Å². The lowest BCUT2D eigenvalue weighted by atomic mass is 10.3. The molecule has 0 fully saturated rings. The number of nitrogens with zero attached hydrogens (tertiary/aromatic N) is 3. The summed E-state index contributed by atoms with van der Waals surface area (Å²) in [5.74, 6) is 1.14. The van der Waals surface area contributed by atoms with E-state index in [-0.39, 0.29) is 11.7 Å². The van der Waals surface area contributed by atoms with E-state index in [4.69, 9.17) is 16.0 Å². The number of hydrogen-bond donors (Lipinski definition) is 1. The second-order valence-electron chi connectivity index (χ2n) is 5.13. The number of carbonyl (C=O) groups excluding carboxylic acids is 1. The molecule has 0 atom stereocenters. The maximum absolute atomic E-state index is 12.2. The maximum Gasteiger partial charge on any atom is 0.234 e. The molecule has 1 amide bonds. The smallest absolute Gasteiger partial charge is 0.234 e. The second kappa shape index (κ2) is 8.57. The van der Waals surface area contributed by atoms with Gasteiger partial charge in [0, 0.05) is 6.54 Å². The van der Waals surface area contributed by atoms with Gasteiger partial charge < -0.3 is 9.73 Å². The number of anilines is 1. The van der Waals surface area contributed by atoms with Gasteiger partial charge in [-0.05, 0) is 40.2 Å². The van der Waals surface area contributed by atoms with Gasteiger partial charge in [-0.3, -0.25) is 9.36 Å². The molecule has 2 aromatic heterocycles. The number of hydrogen-bond acceptors (Lipinski definition) is 5. The van der Waals surface area contributed by atoms with E-state index in [1.165, 1.54) is 11.8 Å². The maximum atomic E-state index is 12.2. The Hall–Kier alpha value is -2.03. The van der Waals surface area contributed by atoms with Crippen molar-refractivity contribution in [3.63, 3.8) is 0 Å². The highest BCUT2D eigenvalue weighted by Gasteiger charge is 2.17. The summed E-state index contributed by atoms with van der Waals surface area (Å²) in [4.78, 5) is 12.2. The summed E-state index contributed by atoms with van der Waals surface area (Å²) in [5.41, 5.74) is 0.577. The number of amides is 1. The number of halogens is 2. The number of aromatic nitrogens is 3. The molecule has 0 radical (unpaired) electrons. The minimum absolute atomic E-state index is 0.169.